The zero-order valence-corrected chi connectivity index (χ0v) is 21.0. The third-order valence-corrected chi connectivity index (χ3v) is 6.27. The molecule has 0 bridgehead atoms. The summed E-state index contributed by atoms with van der Waals surface area (Å²) in [5.74, 6) is -2.05. The molecule has 2 unspecified atom stereocenters. The predicted octanol–water partition coefficient (Wildman–Crippen LogP) is 4.38. The van der Waals surface area contributed by atoms with Gasteiger partial charge in [0, 0.05) is 11.1 Å². The SMILES string of the molecule is CC(ON1C(C)(C)CC(C(O)CO)CC1(C)C)c1ccccc1.O=C(O)c1ccc(C(=O)O)cc1. The molecule has 8 nitrogen and oxygen atoms in total. The van der Waals surface area contributed by atoms with E-state index in [1.165, 1.54) is 24.3 Å². The maximum absolute atomic E-state index is 10.3. The fourth-order valence-electron chi connectivity index (χ4n) is 4.75. The number of aliphatic hydroxyl groups excluding tert-OH is 2. The fourth-order valence-corrected chi connectivity index (χ4v) is 4.75. The molecular formula is C27H37NO7. The van der Waals surface area contributed by atoms with Crippen LogP contribution in [-0.4, -0.2) is 61.2 Å². The van der Waals surface area contributed by atoms with Gasteiger partial charge in [0.2, 0.25) is 0 Å². The first kappa shape index (κ1) is 28.5. The Balaban J connectivity index is 0.000000303. The van der Waals surface area contributed by atoms with E-state index in [2.05, 4.69) is 51.8 Å². The van der Waals surface area contributed by atoms with E-state index >= 15 is 0 Å². The molecule has 0 spiro atoms. The standard InChI is InChI=1S/C19H31NO3.C8H6O4/c1-14(15-9-7-6-8-10-15)23-20-18(2,3)11-16(17(22)13-21)12-19(20,4)5;9-7(10)5-1-2-6(4-3-5)8(11)12/h6-10,14,16-17,21-22H,11-13H2,1-5H3;1-4H,(H,9,10)(H,11,12). The normalized spacial score (nSPS) is 19.2. The molecule has 0 saturated carbocycles. The van der Waals surface area contributed by atoms with Crippen LogP contribution in [0.15, 0.2) is 54.6 Å². The van der Waals surface area contributed by atoms with Crippen molar-refractivity contribution in [2.45, 2.75) is 70.7 Å². The molecule has 4 N–H and O–H groups in total. The second-order valence-electron chi connectivity index (χ2n) is 10.2. The first-order chi connectivity index (χ1) is 16.3. The van der Waals surface area contributed by atoms with Gasteiger partial charge in [-0.15, -0.1) is 0 Å². The van der Waals surface area contributed by atoms with Crippen LogP contribution < -0.4 is 0 Å². The molecule has 1 aliphatic heterocycles. The summed E-state index contributed by atoms with van der Waals surface area (Å²) >= 11 is 0. The van der Waals surface area contributed by atoms with Gasteiger partial charge in [0.1, 0.15) is 6.10 Å². The Hall–Kier alpha value is -2.78. The van der Waals surface area contributed by atoms with Gasteiger partial charge >= 0.3 is 11.9 Å². The zero-order chi connectivity index (χ0) is 26.4. The molecule has 2 aromatic carbocycles. The van der Waals surface area contributed by atoms with Crippen LogP contribution in [0.5, 0.6) is 0 Å². The van der Waals surface area contributed by atoms with Gasteiger partial charge in [-0.05, 0) is 83.2 Å². The molecule has 2 aromatic rings. The number of hydroxylamine groups is 2. The minimum absolute atomic E-state index is 0.0333. The van der Waals surface area contributed by atoms with Crippen LogP contribution in [0.1, 0.15) is 79.8 Å². The van der Waals surface area contributed by atoms with Crippen LogP contribution in [-0.2, 0) is 4.84 Å². The van der Waals surface area contributed by atoms with Crippen LogP contribution in [0.3, 0.4) is 0 Å². The number of aromatic carboxylic acids is 2. The molecule has 3 rings (SSSR count). The van der Waals surface area contributed by atoms with Crippen LogP contribution in [0.25, 0.3) is 0 Å². The maximum Gasteiger partial charge on any atom is 0.335 e. The van der Waals surface area contributed by atoms with Crippen LogP contribution in [0.4, 0.5) is 0 Å². The van der Waals surface area contributed by atoms with E-state index in [0.29, 0.717) is 0 Å². The highest BCUT2D eigenvalue weighted by atomic mass is 16.7. The van der Waals surface area contributed by atoms with Gasteiger partial charge in [0.25, 0.3) is 0 Å². The highest BCUT2D eigenvalue weighted by Crippen LogP contribution is 2.44. The Labute approximate surface area is 206 Å². The number of nitrogens with zero attached hydrogens (tertiary/aromatic N) is 1. The van der Waals surface area contributed by atoms with E-state index in [4.69, 9.17) is 15.1 Å². The predicted molar refractivity (Wildman–Crippen MR) is 132 cm³/mol. The van der Waals surface area contributed by atoms with Crippen molar-refractivity contribution in [2.75, 3.05) is 6.61 Å². The van der Waals surface area contributed by atoms with Crippen molar-refractivity contribution >= 4 is 11.9 Å². The van der Waals surface area contributed by atoms with Crippen LogP contribution >= 0.6 is 0 Å². The van der Waals surface area contributed by atoms with Crippen molar-refractivity contribution in [1.82, 2.24) is 5.06 Å². The van der Waals surface area contributed by atoms with E-state index in [1.54, 1.807) is 0 Å². The lowest BCUT2D eigenvalue weighted by atomic mass is 9.73. The third-order valence-electron chi connectivity index (χ3n) is 6.27. The van der Waals surface area contributed by atoms with Crippen LogP contribution in [0.2, 0.25) is 0 Å². The first-order valence-electron chi connectivity index (χ1n) is 11.7. The van der Waals surface area contributed by atoms with Crippen molar-refractivity contribution in [3.8, 4) is 0 Å². The molecule has 1 fully saturated rings. The Kier molecular flexibility index (Phi) is 9.57. The number of rotatable bonds is 7. The molecule has 0 radical (unpaired) electrons. The largest absolute Gasteiger partial charge is 0.478 e. The van der Waals surface area contributed by atoms with Gasteiger partial charge in [0.15, 0.2) is 0 Å². The van der Waals surface area contributed by atoms with E-state index in [0.717, 1.165) is 18.4 Å². The summed E-state index contributed by atoms with van der Waals surface area (Å²) in [5, 5.41) is 38.4. The highest BCUT2D eigenvalue weighted by molar-refractivity contribution is 5.91. The summed E-state index contributed by atoms with van der Waals surface area (Å²) in [6.07, 6.45) is 0.885. The van der Waals surface area contributed by atoms with E-state index in [9.17, 15) is 19.8 Å². The molecule has 1 aliphatic rings. The molecule has 1 saturated heterocycles. The summed E-state index contributed by atoms with van der Waals surface area (Å²) in [6.45, 7) is 10.4. The van der Waals surface area contributed by atoms with E-state index in [-0.39, 0.29) is 40.8 Å². The summed E-state index contributed by atoms with van der Waals surface area (Å²) in [6, 6.07) is 15.2. The van der Waals surface area contributed by atoms with E-state index < -0.39 is 18.0 Å². The fraction of sp³-hybridized carbons (Fsp3) is 0.481. The molecule has 0 aliphatic carbocycles. The average Bonchev–Trinajstić information content (AvgIpc) is 2.81. The summed E-state index contributed by atoms with van der Waals surface area (Å²) in [4.78, 5) is 27.0. The Morgan fingerprint density at radius 1 is 0.914 bits per heavy atom. The van der Waals surface area contributed by atoms with Gasteiger partial charge in [-0.2, -0.15) is 5.06 Å². The molecule has 8 heteroatoms. The highest BCUT2D eigenvalue weighted by Gasteiger charge is 2.48. The molecule has 1 heterocycles. The number of hydrogen-bond acceptors (Lipinski definition) is 6. The minimum Gasteiger partial charge on any atom is -0.478 e. The quantitative estimate of drug-likeness (QED) is 0.453. The van der Waals surface area contributed by atoms with Crippen molar-refractivity contribution in [3.05, 3.63) is 71.3 Å². The second-order valence-corrected chi connectivity index (χ2v) is 10.2. The number of benzene rings is 2. The molecule has 35 heavy (non-hydrogen) atoms. The molecule has 2 atom stereocenters. The lowest BCUT2D eigenvalue weighted by Gasteiger charge is -2.55. The number of hydrogen-bond donors (Lipinski definition) is 4. The van der Waals surface area contributed by atoms with Crippen molar-refractivity contribution in [2.24, 2.45) is 5.92 Å². The average molecular weight is 488 g/mol. The third kappa shape index (κ3) is 7.60. The van der Waals surface area contributed by atoms with Crippen molar-refractivity contribution in [1.29, 1.82) is 0 Å². The number of piperidine rings is 1. The Morgan fingerprint density at radius 2 is 1.34 bits per heavy atom. The molecule has 0 amide bonds. The van der Waals surface area contributed by atoms with Gasteiger partial charge in [-0.25, -0.2) is 9.59 Å². The molecular weight excluding hydrogens is 450 g/mol. The summed E-state index contributed by atoms with van der Waals surface area (Å²) < 4.78 is 0. The molecule has 192 valence electrons. The lowest BCUT2D eigenvalue weighted by molar-refractivity contribution is -0.313. The number of aliphatic hydroxyl groups is 2. The Morgan fingerprint density at radius 3 is 1.71 bits per heavy atom. The van der Waals surface area contributed by atoms with E-state index in [1.807, 2.05) is 18.2 Å². The second kappa shape index (κ2) is 11.8. The smallest absolute Gasteiger partial charge is 0.335 e. The lowest BCUT2D eigenvalue weighted by Crippen LogP contribution is -2.61. The van der Waals surface area contributed by atoms with Gasteiger partial charge in [-0.3, -0.25) is 4.84 Å². The van der Waals surface area contributed by atoms with Gasteiger partial charge in [0.05, 0.1) is 23.8 Å². The summed E-state index contributed by atoms with van der Waals surface area (Å²) in [5.41, 5.74) is 0.883. The van der Waals surface area contributed by atoms with Crippen molar-refractivity contribution < 1.29 is 34.9 Å². The first-order valence-corrected chi connectivity index (χ1v) is 11.7. The zero-order valence-electron chi connectivity index (χ0n) is 21.0. The number of carboxylic acids is 2. The summed E-state index contributed by atoms with van der Waals surface area (Å²) in [7, 11) is 0. The topological polar surface area (TPSA) is 128 Å². The monoisotopic (exact) mass is 487 g/mol. The van der Waals surface area contributed by atoms with Crippen molar-refractivity contribution in [3.63, 3.8) is 0 Å². The van der Waals surface area contributed by atoms with Gasteiger partial charge in [-0.1, -0.05) is 30.3 Å². The van der Waals surface area contributed by atoms with Crippen LogP contribution in [0, 0.1) is 5.92 Å². The minimum atomic E-state index is -1.06. The number of carbonyl (C=O) groups is 2. The number of carboxylic acid groups (broad SMARTS) is 2. The Bertz CT molecular complexity index is 922. The van der Waals surface area contributed by atoms with Gasteiger partial charge < -0.3 is 20.4 Å². The maximum atomic E-state index is 10.3. The molecule has 0 aromatic heterocycles.